The molecular weight excluding hydrogens is 229 g/mol. The molecule has 2 aliphatic rings. The van der Waals surface area contributed by atoms with Gasteiger partial charge in [-0.25, -0.2) is 0 Å². The minimum absolute atomic E-state index is 0.212. The molecule has 2 atom stereocenters. The van der Waals surface area contributed by atoms with E-state index in [1.807, 2.05) is 4.90 Å². The lowest BCUT2D eigenvalue weighted by Gasteiger charge is -2.34. The lowest BCUT2D eigenvalue weighted by molar-refractivity contribution is -0.186. The molecule has 1 N–H and O–H groups in total. The smallest absolute Gasteiger partial charge is 0.316 e. The maximum atomic E-state index is 12.6. The van der Waals surface area contributed by atoms with Crippen LogP contribution in [0.5, 0.6) is 0 Å². The Morgan fingerprint density at radius 3 is 2.71 bits per heavy atom. The van der Waals surface area contributed by atoms with Crippen molar-refractivity contribution < 1.29 is 13.2 Å². The van der Waals surface area contributed by atoms with Crippen LogP contribution in [0, 0.1) is 11.8 Å². The van der Waals surface area contributed by atoms with Crippen LogP contribution in [0.25, 0.3) is 0 Å². The quantitative estimate of drug-likeness (QED) is 0.826. The molecule has 5 heteroatoms. The summed E-state index contributed by atoms with van der Waals surface area (Å²) in [6.07, 6.45) is -0.792. The first-order valence-electron chi connectivity index (χ1n) is 6.55. The van der Waals surface area contributed by atoms with Crippen LogP contribution in [0.4, 0.5) is 13.2 Å². The third-order valence-corrected chi connectivity index (χ3v) is 3.98. The number of nitrogens with one attached hydrogen (secondary N) is 1. The molecule has 0 aromatic carbocycles. The summed E-state index contributed by atoms with van der Waals surface area (Å²) in [5.41, 5.74) is 0. The minimum Gasteiger partial charge on any atom is -0.316 e. The van der Waals surface area contributed by atoms with Crippen molar-refractivity contribution in [3.05, 3.63) is 0 Å². The molecule has 2 aliphatic heterocycles. The Bertz CT molecular complexity index is 236. The molecular formula is C12H21F3N2. The van der Waals surface area contributed by atoms with E-state index in [1.165, 1.54) is 6.42 Å². The van der Waals surface area contributed by atoms with E-state index >= 15 is 0 Å². The number of hydrogen-bond acceptors (Lipinski definition) is 2. The average Bonchev–Trinajstić information content (AvgIpc) is 2.78. The molecule has 2 fully saturated rings. The first-order valence-corrected chi connectivity index (χ1v) is 6.55. The van der Waals surface area contributed by atoms with Gasteiger partial charge in [0.1, 0.15) is 0 Å². The van der Waals surface area contributed by atoms with Crippen molar-refractivity contribution in [2.24, 2.45) is 11.8 Å². The molecule has 0 radical (unpaired) electrons. The molecule has 0 aromatic rings. The highest BCUT2D eigenvalue weighted by Crippen LogP contribution is 2.33. The zero-order valence-corrected chi connectivity index (χ0v) is 10.1. The Kier molecular flexibility index (Phi) is 4.31. The molecule has 2 nitrogen and oxygen atoms in total. The molecule has 17 heavy (non-hydrogen) atoms. The maximum Gasteiger partial charge on any atom is 0.393 e. The Morgan fingerprint density at radius 1 is 1.24 bits per heavy atom. The summed E-state index contributed by atoms with van der Waals surface area (Å²) in [7, 11) is 0. The van der Waals surface area contributed by atoms with Gasteiger partial charge >= 0.3 is 6.18 Å². The van der Waals surface area contributed by atoms with Gasteiger partial charge in [-0.15, -0.1) is 0 Å². The number of piperidine rings is 1. The second kappa shape index (κ2) is 5.57. The third-order valence-electron chi connectivity index (χ3n) is 3.98. The van der Waals surface area contributed by atoms with Crippen LogP contribution >= 0.6 is 0 Å². The molecule has 0 amide bonds. The van der Waals surface area contributed by atoms with Gasteiger partial charge in [-0.2, -0.15) is 13.2 Å². The fraction of sp³-hybridized carbons (Fsp3) is 1.00. The highest BCUT2D eigenvalue weighted by atomic mass is 19.4. The summed E-state index contributed by atoms with van der Waals surface area (Å²) in [6.45, 7) is 3.99. The fourth-order valence-corrected chi connectivity index (χ4v) is 2.85. The van der Waals surface area contributed by atoms with Crippen LogP contribution in [0.15, 0.2) is 0 Å². The highest BCUT2D eigenvalue weighted by molar-refractivity contribution is 4.79. The first-order chi connectivity index (χ1) is 8.05. The van der Waals surface area contributed by atoms with Gasteiger partial charge in [0.05, 0.1) is 5.92 Å². The summed E-state index contributed by atoms with van der Waals surface area (Å²) in [4.78, 5) is 2.00. The predicted octanol–water partition coefficient (Wildman–Crippen LogP) is 2.26. The first kappa shape index (κ1) is 13.1. The van der Waals surface area contributed by atoms with Crippen LogP contribution < -0.4 is 5.32 Å². The molecule has 0 bridgehead atoms. The molecule has 2 rings (SSSR count). The predicted molar refractivity (Wildman–Crippen MR) is 60.8 cm³/mol. The van der Waals surface area contributed by atoms with E-state index < -0.39 is 12.1 Å². The molecule has 100 valence electrons. The summed E-state index contributed by atoms with van der Waals surface area (Å²) < 4.78 is 37.9. The van der Waals surface area contributed by atoms with Crippen LogP contribution in [-0.2, 0) is 0 Å². The molecule has 0 spiro atoms. The Morgan fingerprint density at radius 2 is 2.06 bits per heavy atom. The van der Waals surface area contributed by atoms with E-state index in [4.69, 9.17) is 0 Å². The van der Waals surface area contributed by atoms with E-state index in [-0.39, 0.29) is 6.54 Å². The zero-order valence-electron chi connectivity index (χ0n) is 10.1. The maximum absolute atomic E-state index is 12.6. The van der Waals surface area contributed by atoms with Crippen molar-refractivity contribution in [3.8, 4) is 0 Å². The number of alkyl halides is 3. The van der Waals surface area contributed by atoms with Gasteiger partial charge < -0.3 is 10.2 Å². The lowest BCUT2D eigenvalue weighted by atomic mass is 9.96. The van der Waals surface area contributed by atoms with Crippen molar-refractivity contribution in [1.82, 2.24) is 10.2 Å². The van der Waals surface area contributed by atoms with Gasteiger partial charge in [0.15, 0.2) is 0 Å². The van der Waals surface area contributed by atoms with E-state index in [9.17, 15) is 13.2 Å². The topological polar surface area (TPSA) is 15.3 Å². The summed E-state index contributed by atoms with van der Waals surface area (Å²) in [6, 6.07) is 0. The molecule has 2 saturated heterocycles. The molecule has 2 unspecified atom stereocenters. The minimum atomic E-state index is -4.01. The molecule has 0 saturated carbocycles. The van der Waals surface area contributed by atoms with Crippen molar-refractivity contribution in [2.75, 3.05) is 32.7 Å². The number of likely N-dealkylation sites (tertiary alicyclic amines) is 1. The van der Waals surface area contributed by atoms with Crippen molar-refractivity contribution >= 4 is 0 Å². The summed E-state index contributed by atoms with van der Waals surface area (Å²) in [5.74, 6) is -0.431. The normalized spacial score (nSPS) is 31.9. The van der Waals surface area contributed by atoms with Gasteiger partial charge in [-0.3, -0.25) is 0 Å². The third kappa shape index (κ3) is 3.85. The average molecular weight is 250 g/mol. The Balaban J connectivity index is 1.73. The SMILES string of the molecule is FC(F)(F)C1CCCN(CCC2CCNC2)C1. The van der Waals surface area contributed by atoms with Gasteiger partial charge in [-0.1, -0.05) is 0 Å². The van der Waals surface area contributed by atoms with Crippen LogP contribution in [0.2, 0.25) is 0 Å². The standard InChI is InChI=1S/C12H21F3N2/c13-12(14,15)11-2-1-6-17(9-11)7-4-10-3-5-16-8-10/h10-11,16H,1-9H2. The monoisotopic (exact) mass is 250 g/mol. The number of nitrogens with zero attached hydrogens (tertiary/aromatic N) is 1. The number of hydrogen-bond donors (Lipinski definition) is 1. The second-order valence-electron chi connectivity index (χ2n) is 5.33. The highest BCUT2D eigenvalue weighted by Gasteiger charge is 2.41. The van der Waals surface area contributed by atoms with E-state index in [0.29, 0.717) is 18.8 Å². The Hall–Kier alpha value is -0.290. The lowest BCUT2D eigenvalue weighted by Crippen LogP contribution is -2.42. The summed E-state index contributed by atoms with van der Waals surface area (Å²) in [5, 5.41) is 3.29. The largest absolute Gasteiger partial charge is 0.393 e. The van der Waals surface area contributed by atoms with Crippen LogP contribution in [0.1, 0.15) is 25.7 Å². The van der Waals surface area contributed by atoms with Crippen molar-refractivity contribution in [1.29, 1.82) is 0 Å². The van der Waals surface area contributed by atoms with E-state index in [2.05, 4.69) is 5.32 Å². The van der Waals surface area contributed by atoms with Crippen molar-refractivity contribution in [2.45, 2.75) is 31.9 Å². The van der Waals surface area contributed by atoms with Crippen LogP contribution in [0.3, 0.4) is 0 Å². The van der Waals surface area contributed by atoms with E-state index in [0.717, 1.165) is 32.6 Å². The fourth-order valence-electron chi connectivity index (χ4n) is 2.85. The van der Waals surface area contributed by atoms with Gasteiger partial charge in [0.2, 0.25) is 0 Å². The van der Waals surface area contributed by atoms with Crippen molar-refractivity contribution in [3.63, 3.8) is 0 Å². The van der Waals surface area contributed by atoms with Gasteiger partial charge in [0.25, 0.3) is 0 Å². The Labute approximate surface area is 101 Å². The molecule has 0 aromatic heterocycles. The summed E-state index contributed by atoms with van der Waals surface area (Å²) >= 11 is 0. The second-order valence-corrected chi connectivity index (χ2v) is 5.33. The van der Waals surface area contributed by atoms with Crippen LogP contribution in [-0.4, -0.2) is 43.8 Å². The molecule has 0 aliphatic carbocycles. The van der Waals surface area contributed by atoms with Gasteiger partial charge in [0, 0.05) is 6.54 Å². The van der Waals surface area contributed by atoms with E-state index in [1.54, 1.807) is 0 Å². The number of halogens is 3. The van der Waals surface area contributed by atoms with Gasteiger partial charge in [-0.05, 0) is 57.8 Å². The number of rotatable bonds is 3. The zero-order chi connectivity index (χ0) is 12.3. The molecule has 2 heterocycles.